The summed E-state index contributed by atoms with van der Waals surface area (Å²) in [6, 6.07) is 0. The van der Waals surface area contributed by atoms with Crippen molar-refractivity contribution < 1.29 is 4.74 Å². The highest BCUT2D eigenvalue weighted by Gasteiger charge is 1.92. The van der Waals surface area contributed by atoms with Gasteiger partial charge in [-0.05, 0) is 38.8 Å². The van der Waals surface area contributed by atoms with Crippen LogP contribution in [0.25, 0.3) is 0 Å². The third-order valence-electron chi connectivity index (χ3n) is 3.03. The van der Waals surface area contributed by atoms with E-state index in [1.54, 1.807) is 0 Å². The van der Waals surface area contributed by atoms with Crippen LogP contribution >= 0.6 is 0 Å². The van der Waals surface area contributed by atoms with Gasteiger partial charge in [0.25, 0.3) is 0 Å². The predicted molar refractivity (Wildman–Crippen MR) is 76.6 cm³/mol. The van der Waals surface area contributed by atoms with Crippen LogP contribution in [0.1, 0.15) is 71.6 Å². The van der Waals surface area contributed by atoms with Crippen LogP contribution in [-0.2, 0) is 4.74 Å². The third-order valence-corrected chi connectivity index (χ3v) is 3.03. The Morgan fingerprint density at radius 2 is 1.29 bits per heavy atom. The predicted octanol–water partition coefficient (Wildman–Crippen LogP) is 4.14. The molecule has 2 heteroatoms. The first kappa shape index (κ1) is 16.9. The number of hydrogen-bond donors (Lipinski definition) is 1. The number of ether oxygens (including phenoxy) is 1. The molecule has 1 N–H and O–H groups in total. The summed E-state index contributed by atoms with van der Waals surface area (Å²) in [5.41, 5.74) is 0. The van der Waals surface area contributed by atoms with E-state index < -0.39 is 0 Å². The topological polar surface area (TPSA) is 21.3 Å². The summed E-state index contributed by atoms with van der Waals surface area (Å²) in [4.78, 5) is 0. The summed E-state index contributed by atoms with van der Waals surface area (Å²) in [6.45, 7) is 8.60. The molecule has 0 unspecified atom stereocenters. The van der Waals surface area contributed by atoms with Crippen LogP contribution in [0.4, 0.5) is 0 Å². The Labute approximate surface area is 109 Å². The third kappa shape index (κ3) is 15.9. The lowest BCUT2D eigenvalue weighted by molar-refractivity contribution is 0.126. The van der Waals surface area contributed by atoms with E-state index >= 15 is 0 Å². The first-order valence-corrected chi connectivity index (χ1v) is 7.70. The summed E-state index contributed by atoms with van der Waals surface area (Å²) in [5.74, 6) is 0. The molecule has 0 aliphatic rings. The standard InChI is InChI=1S/C15H33NO/c1-3-5-6-7-8-11-14-17-15-12-9-10-13-16-4-2/h16H,3-15H2,1-2H3. The van der Waals surface area contributed by atoms with Crippen molar-refractivity contribution in [2.75, 3.05) is 26.3 Å². The molecule has 17 heavy (non-hydrogen) atoms. The minimum absolute atomic E-state index is 0.959. The Hall–Kier alpha value is -0.0800. The van der Waals surface area contributed by atoms with Crippen molar-refractivity contribution in [2.45, 2.75) is 71.6 Å². The van der Waals surface area contributed by atoms with Crippen molar-refractivity contribution in [3.8, 4) is 0 Å². The summed E-state index contributed by atoms with van der Waals surface area (Å²) >= 11 is 0. The molecule has 0 saturated heterocycles. The summed E-state index contributed by atoms with van der Waals surface area (Å²) in [7, 11) is 0. The molecule has 0 fully saturated rings. The quantitative estimate of drug-likeness (QED) is 0.463. The molecule has 0 aromatic heterocycles. The smallest absolute Gasteiger partial charge is 0.0466 e. The number of nitrogens with one attached hydrogen (secondary N) is 1. The molecule has 104 valence electrons. The Balaban J connectivity index is 2.85. The van der Waals surface area contributed by atoms with Crippen molar-refractivity contribution in [2.24, 2.45) is 0 Å². The summed E-state index contributed by atoms with van der Waals surface area (Å²) in [5, 5.41) is 3.34. The van der Waals surface area contributed by atoms with Gasteiger partial charge in [0, 0.05) is 13.2 Å². The van der Waals surface area contributed by atoms with Gasteiger partial charge in [-0.1, -0.05) is 46.0 Å². The van der Waals surface area contributed by atoms with Gasteiger partial charge >= 0.3 is 0 Å². The van der Waals surface area contributed by atoms with E-state index in [0.29, 0.717) is 0 Å². The molecule has 0 aromatic rings. The van der Waals surface area contributed by atoms with E-state index in [2.05, 4.69) is 19.2 Å². The first-order chi connectivity index (χ1) is 8.41. The van der Waals surface area contributed by atoms with Gasteiger partial charge in [-0.3, -0.25) is 0 Å². The van der Waals surface area contributed by atoms with Crippen LogP contribution in [-0.4, -0.2) is 26.3 Å². The lowest BCUT2D eigenvalue weighted by atomic mass is 10.1. The second-order valence-electron chi connectivity index (χ2n) is 4.79. The van der Waals surface area contributed by atoms with E-state index in [9.17, 15) is 0 Å². The Morgan fingerprint density at radius 3 is 1.94 bits per heavy atom. The highest BCUT2D eigenvalue weighted by atomic mass is 16.5. The normalized spacial score (nSPS) is 10.9. The van der Waals surface area contributed by atoms with Crippen LogP contribution in [0.15, 0.2) is 0 Å². The molecular formula is C15H33NO. The zero-order valence-electron chi connectivity index (χ0n) is 12.1. The zero-order chi connectivity index (χ0) is 12.6. The average Bonchev–Trinajstić information content (AvgIpc) is 2.35. The number of hydrogen-bond acceptors (Lipinski definition) is 2. The minimum atomic E-state index is 0.959. The largest absolute Gasteiger partial charge is 0.381 e. The maximum Gasteiger partial charge on any atom is 0.0466 e. The fourth-order valence-electron chi connectivity index (χ4n) is 1.89. The SMILES string of the molecule is CCCCCCCCOCCCCCNCC. The Kier molecular flexibility index (Phi) is 15.8. The van der Waals surface area contributed by atoms with Gasteiger partial charge in [-0.25, -0.2) is 0 Å². The molecule has 0 rings (SSSR count). The fraction of sp³-hybridized carbons (Fsp3) is 1.00. The molecule has 0 heterocycles. The maximum atomic E-state index is 5.63. The van der Waals surface area contributed by atoms with Crippen molar-refractivity contribution in [1.82, 2.24) is 5.32 Å². The van der Waals surface area contributed by atoms with Gasteiger partial charge in [0.15, 0.2) is 0 Å². The second-order valence-corrected chi connectivity index (χ2v) is 4.79. The molecule has 0 atom stereocenters. The van der Waals surface area contributed by atoms with Crippen LogP contribution in [0, 0.1) is 0 Å². The van der Waals surface area contributed by atoms with Crippen molar-refractivity contribution in [3.05, 3.63) is 0 Å². The van der Waals surface area contributed by atoms with Crippen LogP contribution < -0.4 is 5.32 Å². The van der Waals surface area contributed by atoms with Gasteiger partial charge in [-0.2, -0.15) is 0 Å². The van der Waals surface area contributed by atoms with E-state index in [1.165, 1.54) is 57.8 Å². The summed E-state index contributed by atoms with van der Waals surface area (Å²) < 4.78 is 5.63. The van der Waals surface area contributed by atoms with Crippen LogP contribution in [0.5, 0.6) is 0 Å². The average molecular weight is 243 g/mol. The molecule has 2 nitrogen and oxygen atoms in total. The highest BCUT2D eigenvalue weighted by Crippen LogP contribution is 2.05. The van der Waals surface area contributed by atoms with Crippen molar-refractivity contribution >= 4 is 0 Å². The van der Waals surface area contributed by atoms with Crippen LogP contribution in [0.2, 0.25) is 0 Å². The molecule has 0 aliphatic carbocycles. The summed E-state index contributed by atoms with van der Waals surface area (Å²) in [6.07, 6.45) is 11.9. The Morgan fingerprint density at radius 1 is 0.706 bits per heavy atom. The van der Waals surface area contributed by atoms with Gasteiger partial charge in [-0.15, -0.1) is 0 Å². The van der Waals surface area contributed by atoms with Crippen LogP contribution in [0.3, 0.4) is 0 Å². The molecule has 0 spiro atoms. The van der Waals surface area contributed by atoms with Crippen molar-refractivity contribution in [3.63, 3.8) is 0 Å². The monoisotopic (exact) mass is 243 g/mol. The zero-order valence-corrected chi connectivity index (χ0v) is 12.1. The lowest BCUT2D eigenvalue weighted by Crippen LogP contribution is -2.13. The minimum Gasteiger partial charge on any atom is -0.381 e. The van der Waals surface area contributed by atoms with E-state index in [4.69, 9.17) is 4.74 Å². The molecular weight excluding hydrogens is 210 g/mol. The van der Waals surface area contributed by atoms with Gasteiger partial charge < -0.3 is 10.1 Å². The molecule has 0 radical (unpaired) electrons. The van der Waals surface area contributed by atoms with E-state index in [-0.39, 0.29) is 0 Å². The molecule has 0 bridgehead atoms. The van der Waals surface area contributed by atoms with Crippen molar-refractivity contribution in [1.29, 1.82) is 0 Å². The molecule has 0 saturated carbocycles. The van der Waals surface area contributed by atoms with Gasteiger partial charge in [0.1, 0.15) is 0 Å². The number of unbranched alkanes of at least 4 members (excludes halogenated alkanes) is 7. The van der Waals surface area contributed by atoms with E-state index in [1.807, 2.05) is 0 Å². The van der Waals surface area contributed by atoms with Gasteiger partial charge in [0.05, 0.1) is 0 Å². The maximum absolute atomic E-state index is 5.63. The molecule has 0 aliphatic heterocycles. The second kappa shape index (κ2) is 15.9. The highest BCUT2D eigenvalue weighted by molar-refractivity contribution is 4.47. The van der Waals surface area contributed by atoms with Gasteiger partial charge in [0.2, 0.25) is 0 Å². The fourth-order valence-corrected chi connectivity index (χ4v) is 1.89. The first-order valence-electron chi connectivity index (χ1n) is 7.70. The Bertz CT molecular complexity index is 114. The molecule has 0 aromatic carbocycles. The number of rotatable bonds is 14. The van der Waals surface area contributed by atoms with E-state index in [0.717, 1.165) is 26.3 Å². The molecule has 0 amide bonds. The lowest BCUT2D eigenvalue weighted by Gasteiger charge is -2.04.